The number of rotatable bonds is 5. The van der Waals surface area contributed by atoms with Crippen molar-refractivity contribution in [3.05, 3.63) is 53.6 Å². The third kappa shape index (κ3) is 4.18. The number of sulfonamides is 1. The number of carbonyl (C=O) groups is 1. The molecule has 1 heterocycles. The second kappa shape index (κ2) is 8.34. The number of methoxy groups -OCH3 is 2. The highest BCUT2D eigenvalue weighted by atomic mass is 32.2. The van der Waals surface area contributed by atoms with Crippen molar-refractivity contribution < 1.29 is 31.5 Å². The molecule has 29 heavy (non-hydrogen) atoms. The molecule has 0 unspecified atom stereocenters. The number of hydrogen-bond donors (Lipinski definition) is 0. The summed E-state index contributed by atoms with van der Waals surface area (Å²) in [5, 5.41) is 0. The minimum Gasteiger partial charge on any atom is -0.493 e. The molecule has 3 rings (SSSR count). The number of hydrogen-bond acceptors (Lipinski definition) is 5. The average molecular weight is 426 g/mol. The number of amides is 1. The first-order chi connectivity index (χ1) is 13.8. The van der Waals surface area contributed by atoms with Crippen LogP contribution in [0.25, 0.3) is 0 Å². The summed E-state index contributed by atoms with van der Waals surface area (Å²) in [5.41, 5.74) is 0.370. The molecule has 0 bridgehead atoms. The second-order valence-corrected chi connectivity index (χ2v) is 8.25. The van der Waals surface area contributed by atoms with Crippen LogP contribution in [0.4, 0.5) is 8.78 Å². The smallest absolute Gasteiger partial charge is 0.254 e. The zero-order chi connectivity index (χ0) is 21.2. The van der Waals surface area contributed by atoms with Crippen LogP contribution in [0.5, 0.6) is 11.5 Å². The van der Waals surface area contributed by atoms with Crippen LogP contribution in [0.1, 0.15) is 10.4 Å². The maximum Gasteiger partial charge on any atom is 0.254 e. The Morgan fingerprint density at radius 2 is 1.59 bits per heavy atom. The van der Waals surface area contributed by atoms with E-state index in [1.54, 1.807) is 18.2 Å². The summed E-state index contributed by atoms with van der Waals surface area (Å²) in [4.78, 5) is 13.5. The highest BCUT2D eigenvalue weighted by Crippen LogP contribution is 2.28. The van der Waals surface area contributed by atoms with Crippen molar-refractivity contribution >= 4 is 15.9 Å². The third-order valence-corrected chi connectivity index (χ3v) is 6.58. The van der Waals surface area contributed by atoms with Crippen molar-refractivity contribution in [2.75, 3.05) is 40.4 Å². The SMILES string of the molecule is COc1ccc(C(=O)N2CCN(S(=O)(=O)c3cc(F)ccc3F)CC2)cc1OC. The number of carbonyl (C=O) groups excluding carboxylic acids is 1. The lowest BCUT2D eigenvalue weighted by Gasteiger charge is -2.34. The Kier molecular flexibility index (Phi) is 6.04. The quantitative estimate of drug-likeness (QED) is 0.732. The summed E-state index contributed by atoms with van der Waals surface area (Å²) in [6.07, 6.45) is 0. The monoisotopic (exact) mass is 426 g/mol. The van der Waals surface area contributed by atoms with Crippen molar-refractivity contribution in [2.45, 2.75) is 4.90 Å². The lowest BCUT2D eigenvalue weighted by atomic mass is 10.1. The maximum atomic E-state index is 13.9. The van der Waals surface area contributed by atoms with Crippen molar-refractivity contribution in [1.29, 1.82) is 0 Å². The van der Waals surface area contributed by atoms with Gasteiger partial charge in [-0.05, 0) is 36.4 Å². The highest BCUT2D eigenvalue weighted by molar-refractivity contribution is 7.89. The predicted octanol–water partition coefficient (Wildman–Crippen LogP) is 2.13. The van der Waals surface area contributed by atoms with Gasteiger partial charge in [0.1, 0.15) is 16.5 Å². The molecule has 0 N–H and O–H groups in total. The Labute approximate surface area is 167 Å². The van der Waals surface area contributed by atoms with Crippen molar-refractivity contribution in [3.8, 4) is 11.5 Å². The van der Waals surface area contributed by atoms with Crippen molar-refractivity contribution in [3.63, 3.8) is 0 Å². The maximum absolute atomic E-state index is 13.9. The number of piperazine rings is 1. The topological polar surface area (TPSA) is 76.2 Å². The van der Waals surface area contributed by atoms with Gasteiger partial charge in [0, 0.05) is 31.7 Å². The Bertz CT molecular complexity index is 1020. The fourth-order valence-electron chi connectivity index (χ4n) is 3.10. The van der Waals surface area contributed by atoms with Gasteiger partial charge in [-0.3, -0.25) is 4.79 Å². The Hall–Kier alpha value is -2.72. The molecule has 156 valence electrons. The fourth-order valence-corrected chi connectivity index (χ4v) is 4.60. The number of halogens is 2. The van der Waals surface area contributed by atoms with Crippen LogP contribution >= 0.6 is 0 Å². The van der Waals surface area contributed by atoms with E-state index in [9.17, 15) is 22.0 Å². The van der Waals surface area contributed by atoms with E-state index in [-0.39, 0.29) is 32.1 Å². The summed E-state index contributed by atoms with van der Waals surface area (Å²) < 4.78 is 64.0. The lowest BCUT2D eigenvalue weighted by Crippen LogP contribution is -2.50. The molecule has 0 radical (unpaired) electrons. The van der Waals surface area contributed by atoms with Gasteiger partial charge in [0.15, 0.2) is 11.5 Å². The van der Waals surface area contributed by atoms with Crippen molar-refractivity contribution in [1.82, 2.24) is 9.21 Å². The van der Waals surface area contributed by atoms with E-state index >= 15 is 0 Å². The predicted molar refractivity (Wildman–Crippen MR) is 101 cm³/mol. The van der Waals surface area contributed by atoms with E-state index in [2.05, 4.69) is 0 Å². The molecule has 1 amide bonds. The standard InChI is InChI=1S/C19H20F2N2O5S/c1-27-16-6-3-13(11-17(16)28-2)19(24)22-7-9-23(10-8-22)29(25,26)18-12-14(20)4-5-15(18)21/h3-6,11-12H,7-10H2,1-2H3. The first-order valence-corrected chi connectivity index (χ1v) is 10.2. The molecule has 0 saturated carbocycles. The van der Waals surface area contributed by atoms with Gasteiger partial charge in [0.2, 0.25) is 10.0 Å². The Morgan fingerprint density at radius 1 is 0.931 bits per heavy atom. The first-order valence-electron chi connectivity index (χ1n) is 8.74. The van der Waals surface area contributed by atoms with Crippen molar-refractivity contribution in [2.24, 2.45) is 0 Å². The molecule has 7 nitrogen and oxygen atoms in total. The molecule has 0 aliphatic carbocycles. The van der Waals surface area contributed by atoms with E-state index in [0.29, 0.717) is 23.1 Å². The van der Waals surface area contributed by atoms with Crippen LogP contribution in [0, 0.1) is 11.6 Å². The van der Waals surface area contributed by atoms with Gasteiger partial charge < -0.3 is 14.4 Å². The van der Waals surface area contributed by atoms with E-state index in [0.717, 1.165) is 16.4 Å². The van der Waals surface area contributed by atoms with Gasteiger partial charge in [0.25, 0.3) is 5.91 Å². The molecule has 1 aliphatic rings. The molecule has 0 aromatic heterocycles. The van der Waals surface area contributed by atoms with Crippen LogP contribution < -0.4 is 9.47 Å². The minimum atomic E-state index is -4.20. The fraction of sp³-hybridized carbons (Fsp3) is 0.316. The highest BCUT2D eigenvalue weighted by Gasteiger charge is 2.32. The average Bonchev–Trinajstić information content (AvgIpc) is 2.74. The van der Waals surface area contributed by atoms with Crippen LogP contribution in [-0.2, 0) is 10.0 Å². The van der Waals surface area contributed by atoms with Crippen LogP contribution in [0.3, 0.4) is 0 Å². The molecule has 1 saturated heterocycles. The molecular weight excluding hydrogens is 406 g/mol. The number of nitrogens with zero attached hydrogens (tertiary/aromatic N) is 2. The zero-order valence-electron chi connectivity index (χ0n) is 15.9. The van der Waals surface area contributed by atoms with Gasteiger partial charge in [-0.2, -0.15) is 4.31 Å². The van der Waals surface area contributed by atoms with E-state index in [1.807, 2.05) is 0 Å². The lowest BCUT2D eigenvalue weighted by molar-refractivity contribution is 0.0697. The van der Waals surface area contributed by atoms with Gasteiger partial charge in [-0.15, -0.1) is 0 Å². The van der Waals surface area contributed by atoms with Crippen LogP contribution in [0.15, 0.2) is 41.3 Å². The van der Waals surface area contributed by atoms with Gasteiger partial charge in [-0.1, -0.05) is 0 Å². The zero-order valence-corrected chi connectivity index (χ0v) is 16.7. The summed E-state index contributed by atoms with van der Waals surface area (Å²) in [5.74, 6) is -1.26. The largest absolute Gasteiger partial charge is 0.493 e. The summed E-state index contributed by atoms with van der Waals surface area (Å²) in [7, 11) is -1.26. The molecule has 1 aliphatic heterocycles. The van der Waals surface area contributed by atoms with Crippen LogP contribution in [0.2, 0.25) is 0 Å². The van der Waals surface area contributed by atoms with E-state index in [1.165, 1.54) is 19.1 Å². The molecule has 0 spiro atoms. The van der Waals surface area contributed by atoms with E-state index < -0.39 is 26.6 Å². The Morgan fingerprint density at radius 3 is 2.21 bits per heavy atom. The molecule has 2 aromatic rings. The summed E-state index contributed by atoms with van der Waals surface area (Å²) >= 11 is 0. The summed E-state index contributed by atoms with van der Waals surface area (Å²) in [6, 6.07) is 7.04. The third-order valence-electron chi connectivity index (χ3n) is 4.67. The van der Waals surface area contributed by atoms with Gasteiger partial charge in [0.05, 0.1) is 14.2 Å². The van der Waals surface area contributed by atoms with Gasteiger partial charge >= 0.3 is 0 Å². The minimum absolute atomic E-state index is 0.0304. The Balaban J connectivity index is 1.73. The second-order valence-electron chi connectivity index (χ2n) is 6.34. The number of ether oxygens (including phenoxy) is 2. The molecule has 10 heteroatoms. The summed E-state index contributed by atoms with van der Waals surface area (Å²) in [6.45, 7) is 0.168. The normalized spacial score (nSPS) is 15.2. The molecule has 1 fully saturated rings. The molecular formula is C19H20F2N2O5S. The van der Waals surface area contributed by atoms with Crippen LogP contribution in [-0.4, -0.2) is 63.9 Å². The number of benzene rings is 2. The first kappa shape index (κ1) is 21.0. The molecule has 0 atom stereocenters. The molecule has 2 aromatic carbocycles. The van der Waals surface area contributed by atoms with E-state index in [4.69, 9.17) is 9.47 Å². The van der Waals surface area contributed by atoms with Gasteiger partial charge in [-0.25, -0.2) is 17.2 Å².